The Morgan fingerprint density at radius 2 is 1.78 bits per heavy atom. The second kappa shape index (κ2) is 9.83. The van der Waals surface area contributed by atoms with Crippen molar-refractivity contribution in [3.05, 3.63) is 48.0 Å². The fourth-order valence-electron chi connectivity index (χ4n) is 2.81. The van der Waals surface area contributed by atoms with Gasteiger partial charge in [-0.15, -0.1) is 0 Å². The molecule has 2 N–H and O–H groups in total. The minimum atomic E-state index is -0.425. The van der Waals surface area contributed by atoms with Gasteiger partial charge in [0.15, 0.2) is 0 Å². The first kappa shape index (κ1) is 20.6. The number of carbonyl (C=O) groups excluding carboxylic acids is 1. The van der Waals surface area contributed by atoms with Gasteiger partial charge in [-0.1, -0.05) is 12.1 Å². The Morgan fingerprint density at radius 3 is 2.44 bits per heavy atom. The van der Waals surface area contributed by atoms with E-state index in [2.05, 4.69) is 10.6 Å². The number of methoxy groups -OCH3 is 2. The smallest absolute Gasteiger partial charge is 0.241 e. The lowest BCUT2D eigenvalue weighted by molar-refractivity contribution is -0.118. The van der Waals surface area contributed by atoms with E-state index in [0.717, 1.165) is 17.1 Å². The van der Waals surface area contributed by atoms with Crippen LogP contribution in [0.15, 0.2) is 42.5 Å². The van der Waals surface area contributed by atoms with Crippen molar-refractivity contribution >= 4 is 11.6 Å². The molecular formula is C21H28N2O4. The van der Waals surface area contributed by atoms with Crippen molar-refractivity contribution in [2.24, 2.45) is 0 Å². The molecule has 0 aliphatic heterocycles. The Morgan fingerprint density at radius 1 is 1.04 bits per heavy atom. The fourth-order valence-corrected chi connectivity index (χ4v) is 2.81. The maximum atomic E-state index is 12.6. The topological polar surface area (TPSA) is 68.8 Å². The zero-order valence-corrected chi connectivity index (χ0v) is 16.5. The average molecular weight is 372 g/mol. The molecule has 2 unspecified atom stereocenters. The largest absolute Gasteiger partial charge is 0.497 e. The molecule has 2 aromatic rings. The summed E-state index contributed by atoms with van der Waals surface area (Å²) in [6.45, 7) is 6.25. The molecule has 146 valence electrons. The number of ether oxygens (including phenoxy) is 3. The first-order valence-corrected chi connectivity index (χ1v) is 9.00. The van der Waals surface area contributed by atoms with Crippen LogP contribution in [-0.4, -0.2) is 32.8 Å². The van der Waals surface area contributed by atoms with Crippen LogP contribution in [0.25, 0.3) is 0 Å². The van der Waals surface area contributed by atoms with Gasteiger partial charge in [0.2, 0.25) is 5.91 Å². The lowest BCUT2D eigenvalue weighted by Crippen LogP contribution is -2.39. The minimum absolute atomic E-state index is 0.113. The summed E-state index contributed by atoms with van der Waals surface area (Å²) in [6.07, 6.45) is 0. The van der Waals surface area contributed by atoms with Gasteiger partial charge in [0, 0.05) is 11.6 Å². The monoisotopic (exact) mass is 372 g/mol. The van der Waals surface area contributed by atoms with Crippen LogP contribution >= 0.6 is 0 Å². The molecular weight excluding hydrogens is 344 g/mol. The maximum Gasteiger partial charge on any atom is 0.241 e. The standard InChI is InChI=1S/C21H28N2O4/c1-6-27-20-10-8-7-9-18(20)23-21(24)15(3)22-14(2)17-13-16(25-4)11-12-19(17)26-5/h7-15,22H,6H2,1-5H3,(H,23,24). The van der Waals surface area contributed by atoms with Crippen molar-refractivity contribution in [1.82, 2.24) is 5.32 Å². The number of nitrogens with one attached hydrogen (secondary N) is 2. The van der Waals surface area contributed by atoms with E-state index >= 15 is 0 Å². The molecule has 2 rings (SSSR count). The molecule has 0 fully saturated rings. The van der Waals surface area contributed by atoms with Crippen LogP contribution in [-0.2, 0) is 4.79 Å². The third-order valence-corrected chi connectivity index (χ3v) is 4.24. The number of anilines is 1. The van der Waals surface area contributed by atoms with E-state index in [1.54, 1.807) is 14.2 Å². The second-order valence-corrected chi connectivity index (χ2v) is 6.14. The highest BCUT2D eigenvalue weighted by Crippen LogP contribution is 2.29. The third kappa shape index (κ3) is 5.37. The molecule has 6 heteroatoms. The molecule has 0 saturated heterocycles. The van der Waals surface area contributed by atoms with Gasteiger partial charge in [0.1, 0.15) is 17.2 Å². The first-order chi connectivity index (χ1) is 13.0. The number of rotatable bonds is 9. The van der Waals surface area contributed by atoms with Gasteiger partial charge < -0.3 is 19.5 Å². The molecule has 0 radical (unpaired) electrons. The van der Waals surface area contributed by atoms with E-state index in [1.807, 2.05) is 63.2 Å². The summed E-state index contributed by atoms with van der Waals surface area (Å²) >= 11 is 0. The van der Waals surface area contributed by atoms with E-state index in [0.29, 0.717) is 18.0 Å². The molecule has 6 nitrogen and oxygen atoms in total. The zero-order valence-electron chi connectivity index (χ0n) is 16.5. The third-order valence-electron chi connectivity index (χ3n) is 4.24. The van der Waals surface area contributed by atoms with E-state index < -0.39 is 6.04 Å². The van der Waals surface area contributed by atoms with Crippen molar-refractivity contribution in [3.63, 3.8) is 0 Å². The van der Waals surface area contributed by atoms with E-state index in [4.69, 9.17) is 14.2 Å². The Bertz CT molecular complexity index is 764. The van der Waals surface area contributed by atoms with Gasteiger partial charge in [0.25, 0.3) is 0 Å². The van der Waals surface area contributed by atoms with Crippen LogP contribution in [0.3, 0.4) is 0 Å². The second-order valence-electron chi connectivity index (χ2n) is 6.14. The number of amides is 1. The first-order valence-electron chi connectivity index (χ1n) is 9.00. The summed E-state index contributed by atoms with van der Waals surface area (Å²) < 4.78 is 16.3. The van der Waals surface area contributed by atoms with Crippen LogP contribution < -0.4 is 24.8 Å². The van der Waals surface area contributed by atoms with Gasteiger partial charge in [-0.3, -0.25) is 10.1 Å². The number of carbonyl (C=O) groups is 1. The molecule has 0 heterocycles. The highest BCUT2D eigenvalue weighted by Gasteiger charge is 2.20. The van der Waals surface area contributed by atoms with Crippen molar-refractivity contribution in [1.29, 1.82) is 0 Å². The maximum absolute atomic E-state index is 12.6. The predicted molar refractivity (Wildman–Crippen MR) is 107 cm³/mol. The lowest BCUT2D eigenvalue weighted by Gasteiger charge is -2.22. The summed E-state index contributed by atoms with van der Waals surface area (Å²) in [5, 5.41) is 6.23. The summed E-state index contributed by atoms with van der Waals surface area (Å²) in [5.74, 6) is 1.99. The normalized spacial score (nSPS) is 12.8. The van der Waals surface area contributed by atoms with Crippen LogP contribution in [0.2, 0.25) is 0 Å². The van der Waals surface area contributed by atoms with Crippen molar-refractivity contribution in [2.75, 3.05) is 26.1 Å². The van der Waals surface area contributed by atoms with Crippen LogP contribution in [0, 0.1) is 0 Å². The lowest BCUT2D eigenvalue weighted by atomic mass is 10.1. The van der Waals surface area contributed by atoms with Gasteiger partial charge >= 0.3 is 0 Å². The molecule has 0 aliphatic rings. The van der Waals surface area contributed by atoms with E-state index in [-0.39, 0.29) is 11.9 Å². The van der Waals surface area contributed by atoms with Crippen LogP contribution in [0.1, 0.15) is 32.4 Å². The number of para-hydroxylation sites is 2. The minimum Gasteiger partial charge on any atom is -0.497 e. The summed E-state index contributed by atoms with van der Waals surface area (Å²) in [6, 6.07) is 12.5. The van der Waals surface area contributed by atoms with Crippen molar-refractivity contribution in [2.45, 2.75) is 32.9 Å². The highest BCUT2D eigenvalue weighted by molar-refractivity contribution is 5.95. The van der Waals surface area contributed by atoms with Crippen molar-refractivity contribution in [3.8, 4) is 17.2 Å². The van der Waals surface area contributed by atoms with E-state index in [9.17, 15) is 4.79 Å². The molecule has 0 aromatic heterocycles. The molecule has 27 heavy (non-hydrogen) atoms. The zero-order chi connectivity index (χ0) is 19.8. The summed E-state index contributed by atoms with van der Waals surface area (Å²) in [7, 11) is 3.24. The predicted octanol–water partition coefficient (Wildman–Crippen LogP) is 3.78. The highest BCUT2D eigenvalue weighted by atomic mass is 16.5. The van der Waals surface area contributed by atoms with Gasteiger partial charge in [-0.25, -0.2) is 0 Å². The van der Waals surface area contributed by atoms with Gasteiger partial charge in [0.05, 0.1) is 32.6 Å². The molecule has 1 amide bonds. The molecule has 0 bridgehead atoms. The Kier molecular flexibility index (Phi) is 7.49. The number of benzene rings is 2. The fraction of sp³-hybridized carbons (Fsp3) is 0.381. The Labute approximate surface area is 160 Å². The summed E-state index contributed by atoms with van der Waals surface area (Å²) in [4.78, 5) is 12.6. The van der Waals surface area contributed by atoms with Crippen molar-refractivity contribution < 1.29 is 19.0 Å². The molecule has 2 atom stereocenters. The molecule has 0 aliphatic carbocycles. The van der Waals surface area contributed by atoms with Crippen LogP contribution in [0.4, 0.5) is 5.69 Å². The summed E-state index contributed by atoms with van der Waals surface area (Å²) in [5.41, 5.74) is 1.58. The van der Waals surface area contributed by atoms with Crippen LogP contribution in [0.5, 0.6) is 17.2 Å². The Balaban J connectivity index is 2.08. The Hall–Kier alpha value is -2.73. The molecule has 2 aromatic carbocycles. The molecule has 0 saturated carbocycles. The quantitative estimate of drug-likeness (QED) is 0.701. The number of hydrogen-bond acceptors (Lipinski definition) is 5. The number of hydrogen-bond donors (Lipinski definition) is 2. The molecule has 0 spiro atoms. The van der Waals surface area contributed by atoms with Gasteiger partial charge in [-0.05, 0) is 51.1 Å². The average Bonchev–Trinajstić information content (AvgIpc) is 2.68. The van der Waals surface area contributed by atoms with Gasteiger partial charge in [-0.2, -0.15) is 0 Å². The SMILES string of the molecule is CCOc1ccccc1NC(=O)C(C)NC(C)c1cc(OC)ccc1OC. The van der Waals surface area contributed by atoms with E-state index in [1.165, 1.54) is 0 Å².